The van der Waals surface area contributed by atoms with Crippen LogP contribution in [0.5, 0.6) is 17.2 Å². The first kappa shape index (κ1) is 27.9. The minimum Gasteiger partial charge on any atom is -0.497 e. The molecule has 0 radical (unpaired) electrons. The molecule has 0 aliphatic carbocycles. The summed E-state index contributed by atoms with van der Waals surface area (Å²) in [6.45, 7) is 6.04. The molecule has 4 rings (SSSR count). The van der Waals surface area contributed by atoms with Crippen molar-refractivity contribution >= 4 is 17.2 Å². The van der Waals surface area contributed by atoms with E-state index in [0.717, 1.165) is 61.4 Å². The molecule has 1 saturated heterocycles. The number of aromatic nitrogens is 1. The van der Waals surface area contributed by atoms with Gasteiger partial charge in [0.15, 0.2) is 11.5 Å². The van der Waals surface area contributed by atoms with Crippen LogP contribution in [-0.2, 0) is 19.5 Å². The van der Waals surface area contributed by atoms with E-state index in [2.05, 4.69) is 38.3 Å². The molecule has 0 saturated carbocycles. The second kappa shape index (κ2) is 14.1. The van der Waals surface area contributed by atoms with Gasteiger partial charge < -0.3 is 24.4 Å². The molecule has 1 N–H and O–H groups in total. The van der Waals surface area contributed by atoms with Crippen molar-refractivity contribution in [3.05, 3.63) is 69.7 Å². The van der Waals surface area contributed by atoms with Crippen molar-refractivity contribution < 1.29 is 19.0 Å². The number of thiazole rings is 1. The Labute approximate surface area is 229 Å². The van der Waals surface area contributed by atoms with Crippen molar-refractivity contribution in [3.63, 3.8) is 0 Å². The number of likely N-dealkylation sites (tertiary alicyclic amines) is 1. The molecule has 1 aliphatic rings. The topological polar surface area (TPSA) is 76.2 Å². The standard InChI is InChI=1S/C29H38N4O4S/c1-35-24-9-6-23(7-10-24)19-33(16-12-22-8-11-26(36-2)27(18-22)37-3)20-28-31-25(21-38-28)29(34)30-13-17-32-14-4-5-15-32/h6-11,18,21H,4-5,12-17,19-20H2,1-3H3,(H,30,34). The summed E-state index contributed by atoms with van der Waals surface area (Å²) < 4.78 is 16.2. The molecule has 0 atom stereocenters. The van der Waals surface area contributed by atoms with E-state index in [1.165, 1.54) is 35.3 Å². The van der Waals surface area contributed by atoms with Crippen LogP contribution in [0, 0.1) is 0 Å². The van der Waals surface area contributed by atoms with Gasteiger partial charge in [-0.2, -0.15) is 0 Å². The van der Waals surface area contributed by atoms with E-state index >= 15 is 0 Å². The fourth-order valence-corrected chi connectivity index (χ4v) is 5.45. The average molecular weight is 539 g/mol. The molecule has 1 amide bonds. The first-order valence-electron chi connectivity index (χ1n) is 13.1. The molecule has 204 valence electrons. The Balaban J connectivity index is 1.39. The van der Waals surface area contributed by atoms with Crippen LogP contribution in [0.25, 0.3) is 0 Å². The van der Waals surface area contributed by atoms with Gasteiger partial charge in [-0.25, -0.2) is 4.98 Å². The molecule has 0 spiro atoms. The maximum Gasteiger partial charge on any atom is 0.270 e. The van der Waals surface area contributed by atoms with Gasteiger partial charge in [-0.05, 0) is 67.7 Å². The quantitative estimate of drug-likeness (QED) is 0.329. The van der Waals surface area contributed by atoms with Gasteiger partial charge in [-0.1, -0.05) is 18.2 Å². The number of ether oxygens (including phenoxy) is 3. The van der Waals surface area contributed by atoms with Gasteiger partial charge in [0.25, 0.3) is 5.91 Å². The number of benzene rings is 2. The second-order valence-corrected chi connectivity index (χ2v) is 10.4. The number of hydrogen-bond acceptors (Lipinski definition) is 8. The lowest BCUT2D eigenvalue weighted by Gasteiger charge is -2.22. The SMILES string of the molecule is COc1ccc(CN(CCc2ccc(OC)c(OC)c2)Cc2nc(C(=O)NCCN3CCCC3)cs2)cc1. The van der Waals surface area contributed by atoms with Gasteiger partial charge in [-0.3, -0.25) is 9.69 Å². The summed E-state index contributed by atoms with van der Waals surface area (Å²) in [6, 6.07) is 14.2. The molecule has 9 heteroatoms. The van der Waals surface area contributed by atoms with Crippen LogP contribution in [0.4, 0.5) is 0 Å². The normalized spacial score (nSPS) is 13.6. The zero-order valence-electron chi connectivity index (χ0n) is 22.6. The Morgan fingerprint density at radius 2 is 1.71 bits per heavy atom. The minimum absolute atomic E-state index is 0.0984. The molecular weight excluding hydrogens is 500 g/mol. The zero-order chi connectivity index (χ0) is 26.7. The number of carbonyl (C=O) groups excluding carboxylic acids is 1. The van der Waals surface area contributed by atoms with E-state index in [9.17, 15) is 4.79 Å². The molecule has 1 aromatic heterocycles. The summed E-state index contributed by atoms with van der Waals surface area (Å²) in [5, 5.41) is 5.81. The molecule has 3 aromatic rings. The Morgan fingerprint density at radius 1 is 0.974 bits per heavy atom. The molecule has 0 unspecified atom stereocenters. The lowest BCUT2D eigenvalue weighted by Crippen LogP contribution is -2.33. The molecule has 8 nitrogen and oxygen atoms in total. The number of carbonyl (C=O) groups is 1. The highest BCUT2D eigenvalue weighted by atomic mass is 32.1. The monoisotopic (exact) mass is 538 g/mol. The van der Waals surface area contributed by atoms with Crippen LogP contribution in [0.2, 0.25) is 0 Å². The Kier molecular flexibility index (Phi) is 10.4. The van der Waals surface area contributed by atoms with Gasteiger partial charge in [0, 0.05) is 31.6 Å². The van der Waals surface area contributed by atoms with E-state index in [4.69, 9.17) is 14.2 Å². The lowest BCUT2D eigenvalue weighted by molar-refractivity contribution is 0.0945. The highest BCUT2D eigenvalue weighted by Gasteiger charge is 2.16. The van der Waals surface area contributed by atoms with Crippen LogP contribution < -0.4 is 19.5 Å². The number of hydrogen-bond donors (Lipinski definition) is 1. The number of methoxy groups -OCH3 is 3. The van der Waals surface area contributed by atoms with E-state index < -0.39 is 0 Å². The molecular formula is C29H38N4O4S. The molecule has 38 heavy (non-hydrogen) atoms. The van der Waals surface area contributed by atoms with Crippen molar-refractivity contribution in [2.75, 3.05) is 54.1 Å². The maximum atomic E-state index is 12.7. The largest absolute Gasteiger partial charge is 0.497 e. The Bertz CT molecular complexity index is 1160. The Hall–Kier alpha value is -3.14. The van der Waals surface area contributed by atoms with E-state index in [-0.39, 0.29) is 5.91 Å². The summed E-state index contributed by atoms with van der Waals surface area (Å²) in [7, 11) is 4.97. The van der Waals surface area contributed by atoms with Crippen molar-refractivity contribution in [2.45, 2.75) is 32.4 Å². The third-order valence-electron chi connectivity index (χ3n) is 6.79. The van der Waals surface area contributed by atoms with Gasteiger partial charge >= 0.3 is 0 Å². The second-order valence-electron chi connectivity index (χ2n) is 9.43. The van der Waals surface area contributed by atoms with Crippen molar-refractivity contribution in [3.8, 4) is 17.2 Å². The molecule has 1 fully saturated rings. The summed E-state index contributed by atoms with van der Waals surface area (Å²) in [6.07, 6.45) is 3.34. The summed E-state index contributed by atoms with van der Waals surface area (Å²) in [5.74, 6) is 2.19. The van der Waals surface area contributed by atoms with Gasteiger partial charge in [0.2, 0.25) is 0 Å². The van der Waals surface area contributed by atoms with Crippen LogP contribution >= 0.6 is 11.3 Å². The zero-order valence-corrected chi connectivity index (χ0v) is 23.4. The third kappa shape index (κ3) is 7.93. The minimum atomic E-state index is -0.0984. The molecule has 2 aromatic carbocycles. The first-order valence-corrected chi connectivity index (χ1v) is 14.0. The number of nitrogens with zero attached hydrogens (tertiary/aromatic N) is 3. The summed E-state index contributed by atoms with van der Waals surface area (Å²) >= 11 is 1.53. The van der Waals surface area contributed by atoms with Crippen LogP contribution in [0.3, 0.4) is 0 Å². The van der Waals surface area contributed by atoms with Crippen molar-refractivity contribution in [1.82, 2.24) is 20.1 Å². The highest BCUT2D eigenvalue weighted by molar-refractivity contribution is 7.09. The number of nitrogens with one attached hydrogen (secondary N) is 1. The first-order chi connectivity index (χ1) is 18.6. The van der Waals surface area contributed by atoms with E-state index in [0.29, 0.717) is 18.8 Å². The summed E-state index contributed by atoms with van der Waals surface area (Å²) in [4.78, 5) is 22.1. The van der Waals surface area contributed by atoms with Gasteiger partial charge in [-0.15, -0.1) is 11.3 Å². The summed E-state index contributed by atoms with van der Waals surface area (Å²) in [5.41, 5.74) is 2.85. The van der Waals surface area contributed by atoms with E-state index in [1.807, 2.05) is 29.6 Å². The van der Waals surface area contributed by atoms with Crippen LogP contribution in [-0.4, -0.2) is 74.7 Å². The molecule has 0 bridgehead atoms. The predicted molar refractivity (Wildman–Crippen MR) is 150 cm³/mol. The fourth-order valence-electron chi connectivity index (χ4n) is 4.63. The smallest absolute Gasteiger partial charge is 0.270 e. The average Bonchev–Trinajstić information content (AvgIpc) is 3.64. The highest BCUT2D eigenvalue weighted by Crippen LogP contribution is 2.28. The molecule has 2 heterocycles. The van der Waals surface area contributed by atoms with E-state index in [1.54, 1.807) is 21.3 Å². The van der Waals surface area contributed by atoms with Crippen molar-refractivity contribution in [2.24, 2.45) is 0 Å². The van der Waals surface area contributed by atoms with Gasteiger partial charge in [0.05, 0.1) is 27.9 Å². The number of rotatable bonds is 14. The fraction of sp³-hybridized carbons (Fsp3) is 0.448. The van der Waals surface area contributed by atoms with Crippen LogP contribution in [0.1, 0.15) is 39.5 Å². The maximum absolute atomic E-state index is 12.7. The van der Waals surface area contributed by atoms with Crippen molar-refractivity contribution in [1.29, 1.82) is 0 Å². The van der Waals surface area contributed by atoms with Gasteiger partial charge in [0.1, 0.15) is 16.5 Å². The Morgan fingerprint density at radius 3 is 2.42 bits per heavy atom. The lowest BCUT2D eigenvalue weighted by atomic mass is 10.1. The molecule has 1 aliphatic heterocycles. The predicted octanol–water partition coefficient (Wildman–Crippen LogP) is 4.24. The third-order valence-corrected chi connectivity index (χ3v) is 7.62. The number of amides is 1. The van der Waals surface area contributed by atoms with Crippen LogP contribution in [0.15, 0.2) is 47.8 Å².